The number of amides is 1. The summed E-state index contributed by atoms with van der Waals surface area (Å²) >= 11 is 1.53. The van der Waals surface area contributed by atoms with Crippen LogP contribution < -0.4 is 5.32 Å². The maximum Gasteiger partial charge on any atom is 0.236 e. The van der Waals surface area contributed by atoms with E-state index in [9.17, 15) is 9.18 Å². The number of rotatable bonds is 5. The van der Waals surface area contributed by atoms with Gasteiger partial charge in [0, 0.05) is 12.1 Å². The molecule has 0 spiro atoms. The molecule has 118 valence electrons. The van der Waals surface area contributed by atoms with Crippen molar-refractivity contribution in [1.29, 1.82) is 0 Å². The number of oxazole rings is 1. The van der Waals surface area contributed by atoms with Crippen molar-refractivity contribution in [2.75, 3.05) is 0 Å². The molecule has 0 unspecified atom stereocenters. The minimum Gasteiger partial charge on any atom is -0.440 e. The number of nitrogens with one attached hydrogen (secondary N) is 1. The number of aromatic nitrogens is 1. The average molecular weight is 330 g/mol. The Bertz CT molecular complexity index is 812. The molecule has 1 amide bonds. The van der Waals surface area contributed by atoms with Gasteiger partial charge in [0.1, 0.15) is 11.6 Å². The van der Waals surface area contributed by atoms with Crippen LogP contribution in [0.5, 0.6) is 0 Å². The Hall–Kier alpha value is -2.47. The summed E-state index contributed by atoms with van der Waals surface area (Å²) in [5, 5.41) is 4.64. The predicted molar refractivity (Wildman–Crippen MR) is 86.5 cm³/mol. The summed E-state index contributed by atoms with van der Waals surface area (Å²) in [7, 11) is 0. The van der Waals surface area contributed by atoms with Crippen molar-refractivity contribution in [2.45, 2.75) is 19.9 Å². The minimum absolute atomic E-state index is 0.106. The Morgan fingerprint density at radius 1 is 1.30 bits per heavy atom. The highest BCUT2D eigenvalue weighted by atomic mass is 32.1. The fraction of sp³-hybridized carbons (Fsp3) is 0.176. The number of hydrogen-bond donors (Lipinski definition) is 1. The number of halogens is 1. The minimum atomic E-state index is -0.328. The molecule has 0 bridgehead atoms. The van der Waals surface area contributed by atoms with Gasteiger partial charge in [-0.3, -0.25) is 4.79 Å². The zero-order chi connectivity index (χ0) is 16.2. The maximum atomic E-state index is 13.5. The normalized spacial score (nSPS) is 10.7. The summed E-state index contributed by atoms with van der Waals surface area (Å²) in [6.07, 6.45) is 0.106. The summed E-state index contributed by atoms with van der Waals surface area (Å²) < 4.78 is 19.1. The first-order valence-electron chi connectivity index (χ1n) is 7.14. The number of carbonyl (C=O) groups is 1. The molecule has 2 aromatic heterocycles. The highest BCUT2D eigenvalue weighted by molar-refractivity contribution is 7.13. The molecule has 0 aliphatic heterocycles. The molecule has 3 rings (SSSR count). The molecule has 1 aromatic carbocycles. The van der Waals surface area contributed by atoms with Crippen LogP contribution in [0.1, 0.15) is 17.0 Å². The van der Waals surface area contributed by atoms with Crippen LogP contribution in [0.25, 0.3) is 10.8 Å². The molecule has 0 radical (unpaired) electrons. The standard InChI is InChI=1S/C17H15FN2O2S/c1-11-14(20-17(22-11)15-7-4-8-23-15)9-16(21)19-10-12-5-2-3-6-13(12)18/h2-8H,9-10H2,1H3,(H,19,21). The number of aryl methyl sites for hydroxylation is 1. The topological polar surface area (TPSA) is 55.1 Å². The van der Waals surface area contributed by atoms with Crippen LogP contribution in [-0.4, -0.2) is 10.9 Å². The van der Waals surface area contributed by atoms with E-state index in [1.165, 1.54) is 17.4 Å². The zero-order valence-electron chi connectivity index (χ0n) is 12.5. The molecule has 6 heteroatoms. The summed E-state index contributed by atoms with van der Waals surface area (Å²) in [6, 6.07) is 10.2. The van der Waals surface area contributed by atoms with Crippen molar-refractivity contribution in [3.8, 4) is 10.8 Å². The quantitative estimate of drug-likeness (QED) is 0.776. The van der Waals surface area contributed by atoms with Gasteiger partial charge in [-0.25, -0.2) is 9.37 Å². The molecular weight excluding hydrogens is 315 g/mol. The second kappa shape index (κ2) is 6.75. The van der Waals surface area contributed by atoms with Gasteiger partial charge in [-0.2, -0.15) is 0 Å². The Kier molecular flexibility index (Phi) is 4.52. The first-order valence-corrected chi connectivity index (χ1v) is 8.01. The van der Waals surface area contributed by atoms with E-state index < -0.39 is 0 Å². The monoisotopic (exact) mass is 330 g/mol. The van der Waals surface area contributed by atoms with Crippen LogP contribution in [0.3, 0.4) is 0 Å². The van der Waals surface area contributed by atoms with Gasteiger partial charge >= 0.3 is 0 Å². The molecule has 4 nitrogen and oxygen atoms in total. The van der Waals surface area contributed by atoms with Gasteiger partial charge in [-0.05, 0) is 24.4 Å². The third-order valence-electron chi connectivity index (χ3n) is 3.39. The largest absolute Gasteiger partial charge is 0.440 e. The number of hydrogen-bond acceptors (Lipinski definition) is 4. The summed E-state index contributed by atoms with van der Waals surface area (Å²) in [5.74, 6) is 0.594. The summed E-state index contributed by atoms with van der Waals surface area (Å²) in [5.41, 5.74) is 1.05. The van der Waals surface area contributed by atoms with Crippen LogP contribution in [-0.2, 0) is 17.8 Å². The second-order valence-electron chi connectivity index (χ2n) is 5.04. The van der Waals surface area contributed by atoms with Crippen LogP contribution in [0.2, 0.25) is 0 Å². The highest BCUT2D eigenvalue weighted by Crippen LogP contribution is 2.26. The number of carbonyl (C=O) groups excluding carboxylic acids is 1. The van der Waals surface area contributed by atoms with E-state index in [1.807, 2.05) is 17.5 Å². The Morgan fingerprint density at radius 2 is 2.13 bits per heavy atom. The SMILES string of the molecule is Cc1oc(-c2cccs2)nc1CC(=O)NCc1ccccc1F. The lowest BCUT2D eigenvalue weighted by atomic mass is 10.2. The van der Waals surface area contributed by atoms with Gasteiger partial charge in [0.15, 0.2) is 0 Å². The van der Waals surface area contributed by atoms with Crippen molar-refractivity contribution in [3.05, 3.63) is 64.6 Å². The van der Waals surface area contributed by atoms with Gasteiger partial charge in [0.25, 0.3) is 0 Å². The van der Waals surface area contributed by atoms with Crippen LogP contribution >= 0.6 is 11.3 Å². The first-order chi connectivity index (χ1) is 11.1. The number of thiophene rings is 1. The van der Waals surface area contributed by atoms with Gasteiger partial charge in [0.2, 0.25) is 11.8 Å². The van der Waals surface area contributed by atoms with Crippen molar-refractivity contribution < 1.29 is 13.6 Å². The van der Waals surface area contributed by atoms with Crippen molar-refractivity contribution in [1.82, 2.24) is 10.3 Å². The maximum absolute atomic E-state index is 13.5. The molecule has 0 aliphatic rings. The van der Waals surface area contributed by atoms with E-state index in [0.29, 0.717) is 22.9 Å². The average Bonchev–Trinajstić information content (AvgIpc) is 3.17. The van der Waals surface area contributed by atoms with Gasteiger partial charge < -0.3 is 9.73 Å². The molecular formula is C17H15FN2O2S. The molecule has 3 aromatic rings. The summed E-state index contributed by atoms with van der Waals surface area (Å²) in [4.78, 5) is 17.3. The summed E-state index contributed by atoms with van der Waals surface area (Å²) in [6.45, 7) is 1.93. The van der Waals surface area contributed by atoms with Crippen LogP contribution in [0.4, 0.5) is 4.39 Å². The molecule has 0 saturated carbocycles. The number of benzene rings is 1. The smallest absolute Gasteiger partial charge is 0.236 e. The third kappa shape index (κ3) is 3.65. The lowest BCUT2D eigenvalue weighted by Gasteiger charge is -2.05. The highest BCUT2D eigenvalue weighted by Gasteiger charge is 2.15. The predicted octanol–water partition coefficient (Wildman–Crippen LogP) is 3.71. The van der Waals surface area contributed by atoms with Crippen LogP contribution in [0, 0.1) is 12.7 Å². The van der Waals surface area contributed by atoms with E-state index >= 15 is 0 Å². The van der Waals surface area contributed by atoms with Crippen molar-refractivity contribution in [2.24, 2.45) is 0 Å². The fourth-order valence-electron chi connectivity index (χ4n) is 2.15. The van der Waals surface area contributed by atoms with E-state index in [1.54, 1.807) is 25.1 Å². The molecule has 2 heterocycles. The van der Waals surface area contributed by atoms with Crippen LogP contribution in [0.15, 0.2) is 46.2 Å². The lowest BCUT2D eigenvalue weighted by molar-refractivity contribution is -0.120. The molecule has 0 saturated heterocycles. The van der Waals surface area contributed by atoms with Crippen molar-refractivity contribution >= 4 is 17.2 Å². The molecule has 0 fully saturated rings. The third-order valence-corrected chi connectivity index (χ3v) is 4.24. The fourth-order valence-corrected chi connectivity index (χ4v) is 2.80. The van der Waals surface area contributed by atoms with E-state index in [4.69, 9.17) is 4.42 Å². The van der Waals surface area contributed by atoms with Gasteiger partial charge in [0.05, 0.1) is 17.0 Å². The molecule has 23 heavy (non-hydrogen) atoms. The van der Waals surface area contributed by atoms with E-state index in [0.717, 1.165) is 4.88 Å². The Labute approximate surface area is 137 Å². The van der Waals surface area contributed by atoms with Gasteiger partial charge in [-0.1, -0.05) is 24.3 Å². The number of nitrogens with zero attached hydrogens (tertiary/aromatic N) is 1. The molecule has 1 N–H and O–H groups in total. The van der Waals surface area contributed by atoms with E-state index in [-0.39, 0.29) is 24.7 Å². The Balaban J connectivity index is 1.63. The first kappa shape index (κ1) is 15.4. The second-order valence-corrected chi connectivity index (χ2v) is 5.99. The molecule has 0 aliphatic carbocycles. The van der Waals surface area contributed by atoms with E-state index in [2.05, 4.69) is 10.3 Å². The van der Waals surface area contributed by atoms with Crippen molar-refractivity contribution in [3.63, 3.8) is 0 Å². The Morgan fingerprint density at radius 3 is 2.87 bits per heavy atom. The zero-order valence-corrected chi connectivity index (χ0v) is 13.3. The lowest BCUT2D eigenvalue weighted by Crippen LogP contribution is -2.25. The van der Waals surface area contributed by atoms with Gasteiger partial charge in [-0.15, -0.1) is 11.3 Å². The molecule has 0 atom stereocenters.